The maximum atomic E-state index is 14.6. The first-order valence-corrected chi connectivity index (χ1v) is 11.4. The fourth-order valence-corrected chi connectivity index (χ4v) is 3.93. The largest absolute Gasteiger partial charge is 0.460 e. The Morgan fingerprint density at radius 3 is 1.05 bits per heavy atom. The van der Waals surface area contributed by atoms with Gasteiger partial charge in [0.15, 0.2) is 0 Å². The Kier molecular flexibility index (Phi) is 9.11. The molecule has 0 amide bonds. The second-order valence-corrected chi connectivity index (χ2v) is 10.6. The van der Waals surface area contributed by atoms with E-state index in [4.69, 9.17) is 0 Å². The molecule has 0 bridgehead atoms. The Bertz CT molecular complexity index is 992. The molecule has 0 unspecified atom stereocenters. The highest BCUT2D eigenvalue weighted by Gasteiger charge is 2.85. The highest BCUT2D eigenvalue weighted by molar-refractivity contribution is 9.24. The van der Waals surface area contributed by atoms with Crippen molar-refractivity contribution in [3.63, 3.8) is 0 Å². The summed E-state index contributed by atoms with van der Waals surface area (Å²) >= 11 is 7.47. The summed E-state index contributed by atoms with van der Waals surface area (Å²) in [7, 11) is 0. The van der Waals surface area contributed by atoms with Gasteiger partial charge in [-0.25, -0.2) is 0 Å². The highest BCUT2D eigenvalue weighted by atomic mass is 79.9. The van der Waals surface area contributed by atoms with E-state index in [1.807, 2.05) is 0 Å². The molecule has 0 aliphatic carbocycles. The Balaban J connectivity index is 4.28. The monoisotopic (exact) mass is 776 g/mol. The fourth-order valence-electron chi connectivity index (χ4n) is 2.59. The van der Waals surface area contributed by atoms with Gasteiger partial charge < -0.3 is 0 Å². The van der Waals surface area contributed by atoms with Gasteiger partial charge in [-0.1, -0.05) is 47.8 Å². The van der Waals surface area contributed by atoms with Gasteiger partial charge in [0.25, 0.3) is 0 Å². The molecular formula is C16H5Br3F18. The maximum Gasteiger partial charge on any atom is 0.460 e. The summed E-state index contributed by atoms with van der Waals surface area (Å²) in [5.74, 6) is -45.5. The minimum absolute atomic E-state index is 0.745. The number of rotatable bonds is 8. The van der Waals surface area contributed by atoms with Crippen LogP contribution in [0.4, 0.5) is 79.0 Å². The number of hydrogen-bond donors (Lipinski definition) is 0. The normalized spacial score (nSPS) is 15.5. The molecule has 0 saturated carbocycles. The molecule has 0 N–H and O–H groups in total. The number of halogens is 21. The lowest BCUT2D eigenvalue weighted by Crippen LogP contribution is -2.61. The van der Waals surface area contributed by atoms with Gasteiger partial charge in [0, 0.05) is 16.5 Å². The van der Waals surface area contributed by atoms with E-state index in [1.165, 1.54) is 0 Å². The van der Waals surface area contributed by atoms with Gasteiger partial charge in [-0.05, 0) is 23.3 Å². The van der Waals surface area contributed by atoms with Crippen LogP contribution in [-0.4, -0.2) is 36.0 Å². The van der Waals surface area contributed by atoms with Gasteiger partial charge in [-0.3, -0.25) is 0 Å². The van der Waals surface area contributed by atoms with Crippen LogP contribution in [0.2, 0.25) is 0 Å². The summed E-state index contributed by atoms with van der Waals surface area (Å²) in [5.41, 5.74) is -9.02. The van der Waals surface area contributed by atoms with Crippen LogP contribution in [0.5, 0.6) is 0 Å². The van der Waals surface area contributed by atoms with Crippen molar-refractivity contribution in [3.05, 3.63) is 34.4 Å². The molecule has 0 aliphatic heterocycles. The van der Waals surface area contributed by atoms with Crippen LogP contribution in [0.25, 0.3) is 0 Å². The molecule has 1 aromatic rings. The van der Waals surface area contributed by atoms with E-state index < -0.39 is 91.3 Å². The van der Waals surface area contributed by atoms with E-state index in [1.54, 1.807) is 0 Å². The third-order valence-corrected chi connectivity index (χ3v) is 6.21. The maximum absolute atomic E-state index is 14.6. The fraction of sp³-hybridized carbons (Fsp3) is 0.625. The van der Waals surface area contributed by atoms with Crippen molar-refractivity contribution in [2.45, 2.75) is 57.0 Å². The molecule has 0 aliphatic rings. The van der Waals surface area contributed by atoms with Crippen LogP contribution in [-0.2, 0) is 17.2 Å². The van der Waals surface area contributed by atoms with Crippen LogP contribution in [0.15, 0.2) is 12.1 Å². The summed E-state index contributed by atoms with van der Waals surface area (Å²) in [4.78, 5) is 0. The molecule has 0 fully saturated rings. The van der Waals surface area contributed by atoms with Crippen molar-refractivity contribution in [3.8, 4) is 0 Å². The zero-order valence-corrected chi connectivity index (χ0v) is 21.1. The Hall–Kier alpha value is -0.600. The molecule has 0 aromatic heterocycles. The van der Waals surface area contributed by atoms with E-state index in [9.17, 15) is 79.0 Å². The molecule has 0 heterocycles. The van der Waals surface area contributed by atoms with Crippen LogP contribution in [0.3, 0.4) is 0 Å². The molecule has 216 valence electrons. The third-order valence-electron chi connectivity index (χ3n) is 4.62. The van der Waals surface area contributed by atoms with Gasteiger partial charge in [0.1, 0.15) is 0 Å². The van der Waals surface area contributed by atoms with Crippen molar-refractivity contribution in [1.29, 1.82) is 0 Å². The summed E-state index contributed by atoms with van der Waals surface area (Å²) in [5, 5.41) is -0.915. The lowest BCUT2D eigenvalue weighted by atomic mass is 9.85. The van der Waals surface area contributed by atoms with Gasteiger partial charge in [-0.2, -0.15) is 79.0 Å². The van der Waals surface area contributed by atoms with Crippen molar-refractivity contribution in [1.82, 2.24) is 0 Å². The molecule has 0 nitrogen and oxygen atoms in total. The van der Waals surface area contributed by atoms with E-state index in [0.29, 0.717) is 0 Å². The Morgan fingerprint density at radius 1 is 0.514 bits per heavy atom. The molecule has 0 radical (unpaired) electrons. The van der Waals surface area contributed by atoms with Crippen LogP contribution in [0, 0.1) is 0 Å². The van der Waals surface area contributed by atoms with Crippen LogP contribution >= 0.6 is 47.8 Å². The zero-order chi connectivity index (χ0) is 30.0. The topological polar surface area (TPSA) is 0 Å². The van der Waals surface area contributed by atoms with Crippen molar-refractivity contribution < 1.29 is 79.0 Å². The van der Waals surface area contributed by atoms with E-state index in [-0.39, 0.29) is 0 Å². The SMILES string of the molecule is FC(F)(F)C(F)(F)C(F)(F)C(F)(F)c1cc(CBr)c(C(Br)Br)cc1C(F)(F)C(F)(F)C(F)(F)C(F)(F)F. The van der Waals surface area contributed by atoms with E-state index >= 15 is 0 Å². The average molecular weight is 779 g/mol. The third kappa shape index (κ3) is 5.17. The number of benzene rings is 1. The van der Waals surface area contributed by atoms with Gasteiger partial charge >= 0.3 is 47.9 Å². The Morgan fingerprint density at radius 2 is 0.811 bits per heavy atom. The number of hydrogen-bond acceptors (Lipinski definition) is 0. The summed E-state index contributed by atoms with van der Waals surface area (Å²) in [6, 6.07) is -1.50. The molecule has 37 heavy (non-hydrogen) atoms. The minimum atomic E-state index is -7.77. The second-order valence-electron chi connectivity index (χ2n) is 6.97. The van der Waals surface area contributed by atoms with Crippen LogP contribution in [0.1, 0.15) is 26.0 Å². The summed E-state index contributed by atoms with van der Waals surface area (Å²) < 4.78 is 240. The molecular weight excluding hydrogens is 774 g/mol. The van der Waals surface area contributed by atoms with Gasteiger partial charge in [0.05, 0.1) is 3.74 Å². The summed E-state index contributed by atoms with van der Waals surface area (Å²) in [6.45, 7) is 0. The lowest BCUT2D eigenvalue weighted by Gasteiger charge is -2.38. The first-order valence-electron chi connectivity index (χ1n) is 8.40. The molecule has 0 saturated heterocycles. The standard InChI is InChI=1S/C16H5Br3F18/c17-3-4-1-6(9(20,21)11(24,25)13(28,29)15(32,33)34)7(2-5(4)8(18)19)10(22,23)12(26,27)14(30,31)16(35,36)37/h1-2,8H,3H2. The van der Waals surface area contributed by atoms with Crippen LogP contribution < -0.4 is 0 Å². The van der Waals surface area contributed by atoms with Crippen molar-refractivity contribution >= 4 is 47.8 Å². The molecule has 21 heteroatoms. The molecule has 1 rings (SSSR count). The van der Waals surface area contributed by atoms with E-state index in [0.717, 1.165) is 0 Å². The van der Waals surface area contributed by atoms with E-state index in [2.05, 4.69) is 47.8 Å². The first kappa shape index (κ1) is 34.4. The smallest absolute Gasteiger partial charge is 0.194 e. The van der Waals surface area contributed by atoms with Crippen molar-refractivity contribution in [2.75, 3.05) is 0 Å². The predicted octanol–water partition coefficient (Wildman–Crippen LogP) is 10.2. The minimum Gasteiger partial charge on any atom is -0.194 e. The summed E-state index contributed by atoms with van der Waals surface area (Å²) in [6.07, 6.45) is -15.0. The predicted molar refractivity (Wildman–Crippen MR) is 99.4 cm³/mol. The zero-order valence-electron chi connectivity index (χ0n) is 16.4. The highest BCUT2D eigenvalue weighted by Crippen LogP contribution is 2.62. The van der Waals surface area contributed by atoms with Gasteiger partial charge in [-0.15, -0.1) is 0 Å². The van der Waals surface area contributed by atoms with Crippen molar-refractivity contribution in [2.24, 2.45) is 0 Å². The quantitative estimate of drug-likeness (QED) is 0.182. The average Bonchev–Trinajstić information content (AvgIpc) is 2.70. The van der Waals surface area contributed by atoms with Gasteiger partial charge in [0.2, 0.25) is 0 Å². The molecule has 0 spiro atoms. The molecule has 0 atom stereocenters. The molecule has 1 aromatic carbocycles. The Labute approximate surface area is 218 Å². The lowest BCUT2D eigenvalue weighted by molar-refractivity contribution is -0.404. The second kappa shape index (κ2) is 9.79. The first-order chi connectivity index (χ1) is 16.0. The number of alkyl halides is 21.